The first-order chi connectivity index (χ1) is 9.81. The van der Waals surface area contributed by atoms with E-state index in [1.54, 1.807) is 0 Å². The number of likely N-dealkylation sites (tertiary alicyclic amines) is 1. The summed E-state index contributed by atoms with van der Waals surface area (Å²) in [7, 11) is 0. The fourth-order valence-electron chi connectivity index (χ4n) is 2.97. The standard InChI is InChI=1S/C14H21FN4S/c15-12-3-14(6-18-13-1-2-20-9-13)19(8-12)7-11-4-16-10-17-5-11/h4-5,10,12-14,18H,1-3,6-9H2/t12-,13-,14-/m0/s1. The maximum atomic E-state index is 13.7. The molecule has 0 radical (unpaired) electrons. The van der Waals surface area contributed by atoms with E-state index in [-0.39, 0.29) is 6.04 Å². The predicted octanol–water partition coefficient (Wildman–Crippen LogP) is 1.48. The Bertz CT molecular complexity index is 413. The highest BCUT2D eigenvalue weighted by atomic mass is 32.2. The van der Waals surface area contributed by atoms with Gasteiger partial charge in [-0.3, -0.25) is 4.90 Å². The van der Waals surface area contributed by atoms with Crippen LogP contribution in [-0.2, 0) is 6.54 Å². The van der Waals surface area contributed by atoms with E-state index in [1.807, 2.05) is 24.2 Å². The molecule has 20 heavy (non-hydrogen) atoms. The number of hydrogen-bond acceptors (Lipinski definition) is 5. The molecule has 0 unspecified atom stereocenters. The van der Waals surface area contributed by atoms with Gasteiger partial charge in [-0.05, 0) is 18.6 Å². The molecule has 2 saturated heterocycles. The summed E-state index contributed by atoms with van der Waals surface area (Å²) in [4.78, 5) is 10.3. The third-order valence-electron chi connectivity index (χ3n) is 4.05. The lowest BCUT2D eigenvalue weighted by atomic mass is 10.1. The first-order valence-electron chi connectivity index (χ1n) is 7.24. The molecule has 2 aliphatic heterocycles. The Balaban J connectivity index is 1.54. The van der Waals surface area contributed by atoms with Crippen molar-refractivity contribution in [1.82, 2.24) is 20.2 Å². The lowest BCUT2D eigenvalue weighted by Crippen LogP contribution is -2.41. The van der Waals surface area contributed by atoms with Crippen LogP contribution >= 0.6 is 11.8 Å². The minimum Gasteiger partial charge on any atom is -0.312 e. The molecule has 6 heteroatoms. The molecule has 0 aromatic carbocycles. The molecule has 0 aliphatic carbocycles. The van der Waals surface area contributed by atoms with Crippen molar-refractivity contribution in [2.24, 2.45) is 0 Å². The van der Waals surface area contributed by atoms with Crippen LogP contribution in [0.1, 0.15) is 18.4 Å². The average molecular weight is 296 g/mol. The third-order valence-corrected chi connectivity index (χ3v) is 5.21. The molecule has 0 bridgehead atoms. The van der Waals surface area contributed by atoms with E-state index in [0.717, 1.165) is 18.7 Å². The molecule has 2 fully saturated rings. The molecule has 3 heterocycles. The quantitative estimate of drug-likeness (QED) is 0.891. The highest BCUT2D eigenvalue weighted by Crippen LogP contribution is 2.23. The molecular weight excluding hydrogens is 275 g/mol. The highest BCUT2D eigenvalue weighted by molar-refractivity contribution is 7.99. The van der Waals surface area contributed by atoms with Crippen molar-refractivity contribution in [1.29, 1.82) is 0 Å². The van der Waals surface area contributed by atoms with Gasteiger partial charge in [0, 0.05) is 55.4 Å². The van der Waals surface area contributed by atoms with Gasteiger partial charge in [0.2, 0.25) is 0 Å². The summed E-state index contributed by atoms with van der Waals surface area (Å²) in [6.45, 7) is 2.16. The topological polar surface area (TPSA) is 41.0 Å². The van der Waals surface area contributed by atoms with Crippen LogP contribution in [0.15, 0.2) is 18.7 Å². The van der Waals surface area contributed by atoms with Crippen molar-refractivity contribution in [3.63, 3.8) is 0 Å². The number of hydrogen-bond donors (Lipinski definition) is 1. The van der Waals surface area contributed by atoms with Crippen molar-refractivity contribution in [3.8, 4) is 0 Å². The molecular formula is C14H21FN4S. The van der Waals surface area contributed by atoms with Gasteiger partial charge in [-0.2, -0.15) is 11.8 Å². The zero-order chi connectivity index (χ0) is 13.8. The Kier molecular flexibility index (Phi) is 4.86. The second-order valence-corrected chi connectivity index (χ2v) is 6.78. The third kappa shape index (κ3) is 3.68. The van der Waals surface area contributed by atoms with Crippen molar-refractivity contribution in [2.75, 3.05) is 24.6 Å². The van der Waals surface area contributed by atoms with E-state index >= 15 is 0 Å². The molecule has 110 valence electrons. The van der Waals surface area contributed by atoms with E-state index in [1.165, 1.54) is 24.3 Å². The van der Waals surface area contributed by atoms with Crippen LogP contribution in [0, 0.1) is 0 Å². The number of thioether (sulfide) groups is 1. The van der Waals surface area contributed by atoms with Crippen LogP contribution in [-0.4, -0.2) is 57.7 Å². The summed E-state index contributed by atoms with van der Waals surface area (Å²) in [5, 5.41) is 3.60. The van der Waals surface area contributed by atoms with E-state index in [0.29, 0.717) is 19.0 Å². The van der Waals surface area contributed by atoms with E-state index in [9.17, 15) is 4.39 Å². The Hall–Kier alpha value is -0.720. The Morgan fingerprint density at radius 2 is 2.25 bits per heavy atom. The van der Waals surface area contributed by atoms with Gasteiger partial charge in [0.25, 0.3) is 0 Å². The largest absolute Gasteiger partial charge is 0.312 e. The Morgan fingerprint density at radius 1 is 1.40 bits per heavy atom. The number of nitrogens with one attached hydrogen (secondary N) is 1. The zero-order valence-electron chi connectivity index (χ0n) is 11.5. The fraction of sp³-hybridized carbons (Fsp3) is 0.714. The van der Waals surface area contributed by atoms with Crippen molar-refractivity contribution in [3.05, 3.63) is 24.3 Å². The minimum absolute atomic E-state index is 0.288. The lowest BCUT2D eigenvalue weighted by molar-refractivity contribution is 0.227. The van der Waals surface area contributed by atoms with Crippen LogP contribution in [0.5, 0.6) is 0 Å². The van der Waals surface area contributed by atoms with Crippen molar-refractivity contribution in [2.45, 2.75) is 37.6 Å². The van der Waals surface area contributed by atoms with Gasteiger partial charge in [-0.15, -0.1) is 0 Å². The molecule has 0 spiro atoms. The van der Waals surface area contributed by atoms with Crippen LogP contribution in [0.4, 0.5) is 4.39 Å². The van der Waals surface area contributed by atoms with Gasteiger partial charge < -0.3 is 5.32 Å². The Morgan fingerprint density at radius 3 is 3.00 bits per heavy atom. The molecule has 3 atom stereocenters. The molecule has 0 saturated carbocycles. The van der Waals surface area contributed by atoms with Crippen LogP contribution in [0.2, 0.25) is 0 Å². The number of alkyl halides is 1. The molecule has 4 nitrogen and oxygen atoms in total. The minimum atomic E-state index is -0.704. The first kappa shape index (κ1) is 14.2. The monoisotopic (exact) mass is 296 g/mol. The Labute approximate surface area is 123 Å². The normalized spacial score (nSPS) is 30.9. The second-order valence-electron chi connectivity index (χ2n) is 5.63. The summed E-state index contributed by atoms with van der Waals surface area (Å²) in [6.07, 6.45) is 6.34. The number of nitrogens with zero attached hydrogens (tertiary/aromatic N) is 3. The maximum absolute atomic E-state index is 13.7. The summed E-state index contributed by atoms with van der Waals surface area (Å²) in [5.74, 6) is 2.44. The van der Waals surface area contributed by atoms with Crippen LogP contribution < -0.4 is 5.32 Å². The molecule has 1 aromatic heterocycles. The highest BCUT2D eigenvalue weighted by Gasteiger charge is 2.32. The summed E-state index contributed by atoms with van der Waals surface area (Å²) in [6, 6.07) is 0.899. The van der Waals surface area contributed by atoms with E-state index in [2.05, 4.69) is 20.2 Å². The molecule has 0 amide bonds. The van der Waals surface area contributed by atoms with Gasteiger partial charge in [0.1, 0.15) is 12.5 Å². The summed E-state index contributed by atoms with van der Waals surface area (Å²) < 4.78 is 13.7. The summed E-state index contributed by atoms with van der Waals surface area (Å²) in [5.41, 5.74) is 1.06. The average Bonchev–Trinajstić information content (AvgIpc) is 3.07. The van der Waals surface area contributed by atoms with E-state index in [4.69, 9.17) is 0 Å². The smallest absolute Gasteiger partial charge is 0.115 e. The SMILES string of the molecule is F[C@H]1C[C@@H](CN[C@H]2CCSC2)N(Cc2cncnc2)C1. The van der Waals surface area contributed by atoms with Crippen molar-refractivity contribution >= 4 is 11.8 Å². The van der Waals surface area contributed by atoms with Gasteiger partial charge in [0.05, 0.1) is 0 Å². The van der Waals surface area contributed by atoms with Crippen LogP contribution in [0.3, 0.4) is 0 Å². The second kappa shape index (κ2) is 6.83. The molecule has 2 aliphatic rings. The number of aromatic nitrogens is 2. The lowest BCUT2D eigenvalue weighted by Gasteiger charge is -2.25. The fourth-order valence-corrected chi connectivity index (χ4v) is 4.16. The molecule has 1 N–H and O–H groups in total. The number of halogens is 1. The first-order valence-corrected chi connectivity index (χ1v) is 8.40. The van der Waals surface area contributed by atoms with Gasteiger partial charge in [0.15, 0.2) is 0 Å². The summed E-state index contributed by atoms with van der Waals surface area (Å²) >= 11 is 2.00. The van der Waals surface area contributed by atoms with Gasteiger partial charge in [-0.1, -0.05) is 0 Å². The molecule has 1 aromatic rings. The maximum Gasteiger partial charge on any atom is 0.115 e. The van der Waals surface area contributed by atoms with Crippen LogP contribution in [0.25, 0.3) is 0 Å². The van der Waals surface area contributed by atoms with Gasteiger partial charge >= 0.3 is 0 Å². The van der Waals surface area contributed by atoms with E-state index < -0.39 is 6.17 Å². The van der Waals surface area contributed by atoms with Gasteiger partial charge in [-0.25, -0.2) is 14.4 Å². The zero-order valence-corrected chi connectivity index (χ0v) is 12.4. The van der Waals surface area contributed by atoms with Crippen molar-refractivity contribution < 1.29 is 4.39 Å². The predicted molar refractivity (Wildman–Crippen MR) is 79.5 cm³/mol. The molecule has 3 rings (SSSR count). The number of rotatable bonds is 5.